The molecule has 0 saturated carbocycles. The van der Waals surface area contributed by atoms with Crippen molar-refractivity contribution in [2.75, 3.05) is 23.5 Å². The third-order valence-corrected chi connectivity index (χ3v) is 3.92. The number of aromatic nitrogens is 2. The fourth-order valence-electron chi connectivity index (χ4n) is 1.80. The lowest BCUT2D eigenvalue weighted by atomic mass is 10.2. The monoisotopic (exact) mass is 237 g/mol. The second-order valence-corrected chi connectivity index (χ2v) is 4.96. The molecule has 2 rings (SSSR count). The van der Waals surface area contributed by atoms with E-state index in [1.807, 2.05) is 18.8 Å². The lowest BCUT2D eigenvalue weighted by Gasteiger charge is -2.25. The summed E-state index contributed by atoms with van der Waals surface area (Å²) in [6.45, 7) is 0. The van der Waals surface area contributed by atoms with E-state index in [1.54, 1.807) is 12.3 Å². The molecule has 0 bridgehead atoms. The average molecular weight is 237 g/mol. The molecule has 0 radical (unpaired) electrons. The van der Waals surface area contributed by atoms with Crippen molar-refractivity contribution in [3.63, 3.8) is 0 Å². The summed E-state index contributed by atoms with van der Waals surface area (Å²) in [6, 6.07) is 2.21. The van der Waals surface area contributed by atoms with Crippen molar-refractivity contribution in [1.82, 2.24) is 10.2 Å². The Labute approximate surface area is 98.9 Å². The van der Waals surface area contributed by atoms with Crippen LogP contribution >= 0.6 is 11.8 Å². The van der Waals surface area contributed by atoms with Gasteiger partial charge in [-0.3, -0.25) is 5.41 Å². The summed E-state index contributed by atoms with van der Waals surface area (Å²) in [5.41, 5.74) is 6.20. The van der Waals surface area contributed by atoms with Crippen molar-refractivity contribution in [3.05, 3.63) is 17.8 Å². The van der Waals surface area contributed by atoms with E-state index in [4.69, 9.17) is 11.1 Å². The predicted octanol–water partition coefficient (Wildman–Crippen LogP) is 0.702. The molecule has 1 fully saturated rings. The van der Waals surface area contributed by atoms with E-state index in [2.05, 4.69) is 15.1 Å². The maximum Gasteiger partial charge on any atom is 0.162 e. The summed E-state index contributed by atoms with van der Waals surface area (Å²) < 4.78 is 0. The van der Waals surface area contributed by atoms with Crippen LogP contribution in [0.2, 0.25) is 0 Å². The minimum atomic E-state index is 0.0439. The number of nitrogens with one attached hydrogen (secondary N) is 1. The molecule has 1 atom stereocenters. The first-order valence-electron chi connectivity index (χ1n) is 5.17. The molecule has 1 aliphatic rings. The number of hydrogen-bond donors (Lipinski definition) is 2. The number of rotatable bonds is 3. The molecule has 0 aromatic carbocycles. The van der Waals surface area contributed by atoms with E-state index < -0.39 is 0 Å². The topological polar surface area (TPSA) is 78.9 Å². The number of anilines is 1. The molecule has 1 unspecified atom stereocenters. The minimum absolute atomic E-state index is 0.0439. The van der Waals surface area contributed by atoms with Crippen LogP contribution in [0.5, 0.6) is 0 Å². The number of hydrogen-bond acceptors (Lipinski definition) is 5. The van der Waals surface area contributed by atoms with Gasteiger partial charge in [-0.25, -0.2) is 0 Å². The Bertz CT molecular complexity index is 389. The molecule has 1 aliphatic heterocycles. The quantitative estimate of drug-likeness (QED) is 0.597. The first kappa shape index (κ1) is 11.2. The Balaban J connectivity index is 2.27. The van der Waals surface area contributed by atoms with Crippen molar-refractivity contribution >= 4 is 23.4 Å². The van der Waals surface area contributed by atoms with Gasteiger partial charge in [-0.2, -0.15) is 16.9 Å². The summed E-state index contributed by atoms with van der Waals surface area (Å²) in [5, 5.41) is 15.5. The van der Waals surface area contributed by atoms with Gasteiger partial charge in [-0.15, -0.1) is 5.10 Å². The van der Waals surface area contributed by atoms with Crippen LogP contribution in [0, 0.1) is 5.41 Å². The van der Waals surface area contributed by atoms with E-state index in [9.17, 15) is 0 Å². The van der Waals surface area contributed by atoms with Crippen molar-refractivity contribution in [3.8, 4) is 0 Å². The average Bonchev–Trinajstić information content (AvgIpc) is 2.81. The van der Waals surface area contributed by atoms with Gasteiger partial charge in [-0.05, 0) is 18.2 Å². The Morgan fingerprint density at radius 1 is 1.69 bits per heavy atom. The minimum Gasteiger partial charge on any atom is -0.384 e. The van der Waals surface area contributed by atoms with Gasteiger partial charge >= 0.3 is 0 Å². The van der Waals surface area contributed by atoms with Crippen LogP contribution in [0.3, 0.4) is 0 Å². The van der Waals surface area contributed by atoms with E-state index in [0.717, 1.165) is 12.2 Å². The summed E-state index contributed by atoms with van der Waals surface area (Å²) in [5.74, 6) is 3.04. The molecule has 3 N–H and O–H groups in total. The predicted molar refractivity (Wildman–Crippen MR) is 67.2 cm³/mol. The normalized spacial score (nSPS) is 19.7. The van der Waals surface area contributed by atoms with Crippen LogP contribution in [0.1, 0.15) is 12.0 Å². The zero-order valence-corrected chi connectivity index (χ0v) is 10.00. The van der Waals surface area contributed by atoms with Crippen molar-refractivity contribution in [2.24, 2.45) is 5.73 Å². The fraction of sp³-hybridized carbons (Fsp3) is 0.500. The molecule has 1 aromatic rings. The SMILES string of the molecule is CN(c1nnccc1C(=N)N)C1CCSC1. The van der Waals surface area contributed by atoms with Gasteiger partial charge in [0.05, 0.1) is 11.8 Å². The smallest absolute Gasteiger partial charge is 0.162 e. The molecule has 16 heavy (non-hydrogen) atoms. The van der Waals surface area contributed by atoms with Gasteiger partial charge < -0.3 is 10.6 Å². The molecule has 0 spiro atoms. The summed E-state index contributed by atoms with van der Waals surface area (Å²) in [6.07, 6.45) is 2.71. The Morgan fingerprint density at radius 2 is 2.50 bits per heavy atom. The maximum atomic E-state index is 7.52. The third-order valence-electron chi connectivity index (χ3n) is 2.78. The van der Waals surface area contributed by atoms with Crippen molar-refractivity contribution < 1.29 is 0 Å². The fourth-order valence-corrected chi connectivity index (χ4v) is 3.06. The number of nitrogens with zero attached hydrogens (tertiary/aromatic N) is 3. The number of amidine groups is 1. The van der Waals surface area contributed by atoms with Crippen LogP contribution in [-0.2, 0) is 0 Å². The zero-order valence-electron chi connectivity index (χ0n) is 9.18. The molecule has 1 saturated heterocycles. The third kappa shape index (κ3) is 2.11. The number of thioether (sulfide) groups is 1. The highest BCUT2D eigenvalue weighted by Crippen LogP contribution is 2.26. The lowest BCUT2D eigenvalue weighted by molar-refractivity contribution is 0.685. The summed E-state index contributed by atoms with van der Waals surface area (Å²) >= 11 is 1.94. The number of nitrogens with two attached hydrogens (primary N) is 1. The summed E-state index contributed by atoms with van der Waals surface area (Å²) in [4.78, 5) is 2.09. The van der Waals surface area contributed by atoms with Crippen LogP contribution in [0.4, 0.5) is 5.82 Å². The molecule has 6 heteroatoms. The van der Waals surface area contributed by atoms with Gasteiger partial charge in [-0.1, -0.05) is 0 Å². The summed E-state index contributed by atoms with van der Waals surface area (Å²) in [7, 11) is 1.99. The molecular weight excluding hydrogens is 222 g/mol. The molecule has 5 nitrogen and oxygen atoms in total. The number of nitrogen functional groups attached to an aromatic ring is 1. The van der Waals surface area contributed by atoms with Gasteiger partial charge in [0.15, 0.2) is 5.82 Å². The van der Waals surface area contributed by atoms with Gasteiger partial charge in [0, 0.05) is 18.8 Å². The van der Waals surface area contributed by atoms with Crippen molar-refractivity contribution in [1.29, 1.82) is 5.41 Å². The van der Waals surface area contributed by atoms with E-state index in [0.29, 0.717) is 17.4 Å². The van der Waals surface area contributed by atoms with Gasteiger partial charge in [0.1, 0.15) is 5.84 Å². The van der Waals surface area contributed by atoms with E-state index in [1.165, 1.54) is 5.75 Å². The molecule has 0 aliphatic carbocycles. The first-order chi connectivity index (χ1) is 7.70. The molecule has 1 aromatic heterocycles. The molecule has 86 valence electrons. The largest absolute Gasteiger partial charge is 0.384 e. The van der Waals surface area contributed by atoms with Crippen molar-refractivity contribution in [2.45, 2.75) is 12.5 Å². The highest BCUT2D eigenvalue weighted by Gasteiger charge is 2.23. The highest BCUT2D eigenvalue weighted by atomic mass is 32.2. The van der Waals surface area contributed by atoms with Gasteiger partial charge in [0.2, 0.25) is 0 Å². The van der Waals surface area contributed by atoms with Crippen LogP contribution in [-0.4, -0.2) is 40.6 Å². The van der Waals surface area contributed by atoms with Crippen LogP contribution < -0.4 is 10.6 Å². The maximum absolute atomic E-state index is 7.52. The molecular formula is C10H15N5S. The van der Waals surface area contributed by atoms with E-state index in [-0.39, 0.29) is 5.84 Å². The Kier molecular flexibility index (Phi) is 3.28. The van der Waals surface area contributed by atoms with E-state index >= 15 is 0 Å². The van der Waals surface area contributed by atoms with Crippen LogP contribution in [0.15, 0.2) is 12.3 Å². The Morgan fingerprint density at radius 3 is 3.12 bits per heavy atom. The lowest BCUT2D eigenvalue weighted by Crippen LogP contribution is -2.34. The highest BCUT2D eigenvalue weighted by molar-refractivity contribution is 7.99. The van der Waals surface area contributed by atoms with Gasteiger partial charge in [0.25, 0.3) is 0 Å². The second kappa shape index (κ2) is 4.69. The second-order valence-electron chi connectivity index (χ2n) is 3.81. The van der Waals surface area contributed by atoms with Crippen LogP contribution in [0.25, 0.3) is 0 Å². The standard InChI is InChI=1S/C10H15N5S/c1-15(7-3-5-16-6-7)10-8(9(11)12)2-4-13-14-10/h2,4,7H,3,5-6H2,1H3,(H3,11,12). The zero-order chi connectivity index (χ0) is 11.5. The molecule has 2 heterocycles. The Hall–Kier alpha value is -1.30. The first-order valence-corrected chi connectivity index (χ1v) is 6.32. The molecule has 0 amide bonds.